The zero-order chi connectivity index (χ0) is 17.4. The second kappa shape index (κ2) is 15.0. The van der Waals surface area contributed by atoms with Crippen LogP contribution < -0.4 is 11.2 Å². The quantitative estimate of drug-likeness (QED) is 0.166. The fourth-order valence-corrected chi connectivity index (χ4v) is 2.27. The van der Waals surface area contributed by atoms with Crippen LogP contribution in [-0.4, -0.2) is 73.2 Å². The van der Waals surface area contributed by atoms with Crippen LogP contribution in [0.2, 0.25) is 0 Å². The molecule has 2 heterocycles. The molecule has 3 N–H and O–H groups in total. The van der Waals surface area contributed by atoms with E-state index in [1.54, 1.807) is 0 Å². The highest BCUT2D eigenvalue weighted by molar-refractivity contribution is 8.93. The van der Waals surface area contributed by atoms with Crippen LogP contribution in [0.5, 0.6) is 0 Å². The molecule has 0 spiro atoms. The van der Waals surface area contributed by atoms with E-state index in [1.165, 1.54) is 18.3 Å². The number of hydrogen-bond donors (Lipinski definition) is 2. The third-order valence-corrected chi connectivity index (χ3v) is 3.67. The molecule has 27 heavy (non-hydrogen) atoms. The summed E-state index contributed by atoms with van der Waals surface area (Å²) in [5, 5.41) is 14.3. The second-order valence-corrected chi connectivity index (χ2v) is 5.57. The molecule has 156 valence electrons. The van der Waals surface area contributed by atoms with Gasteiger partial charge in [-0.15, -0.1) is 50.9 Å². The van der Waals surface area contributed by atoms with Crippen molar-refractivity contribution in [2.75, 3.05) is 46.3 Å². The molecule has 0 saturated carbocycles. The number of rotatable bonds is 7. The van der Waals surface area contributed by atoms with Crippen LogP contribution in [-0.2, 0) is 0 Å². The van der Waals surface area contributed by atoms with E-state index in [9.17, 15) is 10.1 Å². The SMILES string of the molecule is Br.Br.Br.CN1CCN(CCCN=C(N)NN=Cc2ccc([N+](=O)[O-])o2)CC1. The zero-order valence-corrected chi connectivity index (χ0v) is 20.1. The molecule has 1 aromatic heterocycles. The Morgan fingerprint density at radius 2 is 2.00 bits per heavy atom. The van der Waals surface area contributed by atoms with Gasteiger partial charge in [-0.2, -0.15) is 5.10 Å². The molecule has 0 bridgehead atoms. The van der Waals surface area contributed by atoms with Gasteiger partial charge in [-0.25, -0.2) is 5.43 Å². The van der Waals surface area contributed by atoms with E-state index in [0.29, 0.717) is 6.54 Å². The predicted molar refractivity (Wildman–Crippen MR) is 122 cm³/mol. The fraction of sp³-hybridized carbons (Fsp3) is 0.571. The first kappa shape index (κ1) is 28.2. The van der Waals surface area contributed by atoms with Gasteiger partial charge in [0, 0.05) is 39.3 Å². The molecule has 1 aliphatic rings. The maximum atomic E-state index is 10.5. The summed E-state index contributed by atoms with van der Waals surface area (Å²) < 4.78 is 4.92. The number of likely N-dealkylation sites (N-methyl/N-ethyl adjacent to an activating group) is 1. The summed E-state index contributed by atoms with van der Waals surface area (Å²) in [5.41, 5.74) is 8.26. The standard InChI is InChI=1S/C14H23N7O3.3BrH/c1-19-7-9-20(10-8-19)6-2-5-16-14(15)18-17-11-12-3-4-13(24-12)21(22)23;;;/h3-4,11H,2,5-10H2,1H3,(H3,15,16,18);3*1H. The molecule has 13 heteroatoms. The van der Waals surface area contributed by atoms with Crippen molar-refractivity contribution in [3.05, 3.63) is 28.0 Å². The molecular weight excluding hydrogens is 554 g/mol. The minimum Gasteiger partial charge on any atom is -0.400 e. The lowest BCUT2D eigenvalue weighted by molar-refractivity contribution is -0.402. The van der Waals surface area contributed by atoms with Gasteiger partial charge in [0.2, 0.25) is 5.96 Å². The Labute approximate surface area is 189 Å². The summed E-state index contributed by atoms with van der Waals surface area (Å²) in [6, 6.07) is 2.71. The Kier molecular flexibility index (Phi) is 15.6. The Balaban J connectivity index is 0. The lowest BCUT2D eigenvalue weighted by Crippen LogP contribution is -2.44. The summed E-state index contributed by atoms with van der Waals surface area (Å²) in [6.45, 7) is 6.01. The highest BCUT2D eigenvalue weighted by Gasteiger charge is 2.12. The van der Waals surface area contributed by atoms with Gasteiger partial charge in [-0.3, -0.25) is 15.1 Å². The molecule has 1 aliphatic heterocycles. The van der Waals surface area contributed by atoms with Crippen LogP contribution in [0.1, 0.15) is 12.2 Å². The molecule has 0 unspecified atom stereocenters. The number of hydrazone groups is 1. The van der Waals surface area contributed by atoms with E-state index in [-0.39, 0.29) is 68.5 Å². The van der Waals surface area contributed by atoms with Crippen LogP contribution in [0.4, 0.5) is 5.88 Å². The molecule has 0 aromatic carbocycles. The van der Waals surface area contributed by atoms with Gasteiger partial charge in [0.15, 0.2) is 5.76 Å². The monoisotopic (exact) mass is 577 g/mol. The van der Waals surface area contributed by atoms with Crippen molar-refractivity contribution in [2.24, 2.45) is 15.8 Å². The van der Waals surface area contributed by atoms with E-state index in [1.807, 2.05) is 0 Å². The summed E-state index contributed by atoms with van der Waals surface area (Å²) in [4.78, 5) is 18.8. The van der Waals surface area contributed by atoms with Crippen LogP contribution in [0, 0.1) is 10.1 Å². The number of nitrogens with one attached hydrogen (secondary N) is 1. The number of hydrogen-bond acceptors (Lipinski definition) is 7. The van der Waals surface area contributed by atoms with Gasteiger partial charge in [0.25, 0.3) is 0 Å². The first-order chi connectivity index (χ1) is 11.5. The Hall–Kier alpha value is -1.02. The summed E-state index contributed by atoms with van der Waals surface area (Å²) >= 11 is 0. The Morgan fingerprint density at radius 3 is 2.59 bits per heavy atom. The van der Waals surface area contributed by atoms with Gasteiger partial charge < -0.3 is 20.0 Å². The minimum atomic E-state index is -0.610. The van der Waals surface area contributed by atoms with Gasteiger partial charge in [-0.05, 0) is 19.5 Å². The van der Waals surface area contributed by atoms with E-state index >= 15 is 0 Å². The molecule has 1 aromatic rings. The van der Waals surface area contributed by atoms with Gasteiger partial charge in [-0.1, -0.05) is 0 Å². The van der Waals surface area contributed by atoms with Crippen molar-refractivity contribution < 1.29 is 9.34 Å². The normalized spacial score (nSPS) is 15.5. The molecule has 0 radical (unpaired) electrons. The van der Waals surface area contributed by atoms with Crippen molar-refractivity contribution in [1.82, 2.24) is 15.2 Å². The van der Waals surface area contributed by atoms with Crippen molar-refractivity contribution in [2.45, 2.75) is 6.42 Å². The predicted octanol–water partition coefficient (Wildman–Crippen LogP) is 1.80. The topological polar surface area (TPSA) is 126 Å². The molecule has 0 amide bonds. The van der Waals surface area contributed by atoms with Crippen LogP contribution in [0.15, 0.2) is 26.6 Å². The summed E-state index contributed by atoms with van der Waals surface area (Å²) in [6.07, 6.45) is 2.24. The van der Waals surface area contributed by atoms with Crippen LogP contribution in [0.3, 0.4) is 0 Å². The molecule has 0 aliphatic carbocycles. The van der Waals surface area contributed by atoms with E-state index in [2.05, 4.69) is 32.4 Å². The zero-order valence-electron chi connectivity index (χ0n) is 14.9. The third-order valence-electron chi connectivity index (χ3n) is 3.67. The molecule has 1 fully saturated rings. The number of furan rings is 1. The molecule has 1 saturated heterocycles. The average Bonchev–Trinajstić information content (AvgIpc) is 3.02. The van der Waals surface area contributed by atoms with Crippen LogP contribution >= 0.6 is 50.9 Å². The van der Waals surface area contributed by atoms with E-state index in [0.717, 1.165) is 39.1 Å². The second-order valence-electron chi connectivity index (χ2n) is 5.57. The molecular formula is C14H26Br3N7O3. The fourth-order valence-electron chi connectivity index (χ4n) is 2.27. The molecule has 2 rings (SSSR count). The summed E-state index contributed by atoms with van der Waals surface area (Å²) in [5.74, 6) is 0.129. The molecule has 10 nitrogen and oxygen atoms in total. The number of aliphatic imine (C=N–C) groups is 1. The third kappa shape index (κ3) is 10.8. The number of guanidine groups is 1. The average molecular weight is 580 g/mol. The Morgan fingerprint density at radius 1 is 1.33 bits per heavy atom. The highest BCUT2D eigenvalue weighted by atomic mass is 79.9. The minimum absolute atomic E-state index is 0. The largest absolute Gasteiger partial charge is 0.433 e. The number of nitrogens with zero attached hydrogens (tertiary/aromatic N) is 5. The van der Waals surface area contributed by atoms with Crippen molar-refractivity contribution in [1.29, 1.82) is 0 Å². The maximum absolute atomic E-state index is 10.5. The van der Waals surface area contributed by atoms with Crippen molar-refractivity contribution in [3.8, 4) is 0 Å². The lowest BCUT2D eigenvalue weighted by Gasteiger charge is -2.32. The number of piperazine rings is 1. The maximum Gasteiger partial charge on any atom is 0.433 e. The van der Waals surface area contributed by atoms with Crippen molar-refractivity contribution >= 4 is 69.0 Å². The highest BCUT2D eigenvalue weighted by Crippen LogP contribution is 2.13. The van der Waals surface area contributed by atoms with Gasteiger partial charge >= 0.3 is 5.88 Å². The van der Waals surface area contributed by atoms with E-state index < -0.39 is 4.92 Å². The van der Waals surface area contributed by atoms with E-state index in [4.69, 9.17) is 10.2 Å². The molecule has 0 atom stereocenters. The van der Waals surface area contributed by atoms with Crippen molar-refractivity contribution in [3.63, 3.8) is 0 Å². The number of nitro groups is 1. The smallest absolute Gasteiger partial charge is 0.400 e. The lowest BCUT2D eigenvalue weighted by atomic mass is 10.3. The van der Waals surface area contributed by atoms with Gasteiger partial charge in [0.1, 0.15) is 4.92 Å². The first-order valence-electron chi connectivity index (χ1n) is 7.79. The number of halogens is 3. The number of nitrogens with two attached hydrogens (primary N) is 1. The van der Waals surface area contributed by atoms with Crippen LogP contribution in [0.25, 0.3) is 0 Å². The van der Waals surface area contributed by atoms with Gasteiger partial charge in [0.05, 0.1) is 12.3 Å². The first-order valence-corrected chi connectivity index (χ1v) is 7.79. The summed E-state index contributed by atoms with van der Waals surface area (Å²) in [7, 11) is 2.13. The Bertz CT molecular complexity index is 605.